The topological polar surface area (TPSA) is 72.7 Å². The summed E-state index contributed by atoms with van der Waals surface area (Å²) in [4.78, 5) is 22.5. The largest absolute Gasteiger partial charge is 0.475 e. The van der Waals surface area contributed by atoms with Crippen LogP contribution in [0.2, 0.25) is 0 Å². The highest BCUT2D eigenvalue weighted by Gasteiger charge is 2.43. The number of ether oxygens (including phenoxy) is 3. The number of halogens is 1. The zero-order valence-electron chi connectivity index (χ0n) is 17.0. The van der Waals surface area contributed by atoms with Crippen LogP contribution in [0.5, 0.6) is 0 Å². The van der Waals surface area contributed by atoms with Crippen molar-refractivity contribution < 1.29 is 19.0 Å². The van der Waals surface area contributed by atoms with Crippen molar-refractivity contribution in [1.82, 2.24) is 4.90 Å². The van der Waals surface area contributed by atoms with Gasteiger partial charge in [-0.15, -0.1) is 0 Å². The van der Waals surface area contributed by atoms with Crippen LogP contribution in [0, 0.1) is 5.92 Å². The van der Waals surface area contributed by atoms with Gasteiger partial charge in [0.25, 0.3) is 0 Å². The van der Waals surface area contributed by atoms with E-state index in [1.165, 1.54) is 13.4 Å². The number of piperidine rings is 1. The maximum Gasteiger partial charge on any atom is 0.305 e. The van der Waals surface area contributed by atoms with Gasteiger partial charge in [-0.1, -0.05) is 46.3 Å². The third-order valence-electron chi connectivity index (χ3n) is 5.55. The Kier molecular flexibility index (Phi) is 6.84. The number of rotatable bonds is 6. The number of hydrogen-bond donors (Lipinski definition) is 0. The minimum Gasteiger partial charge on any atom is -0.475 e. The fraction of sp³-hybridized carbons (Fsp3) is 0.500. The van der Waals surface area contributed by atoms with E-state index >= 15 is 0 Å². The third-order valence-corrected chi connectivity index (χ3v) is 6.40. The zero-order chi connectivity index (χ0) is 20.9. The molecule has 0 aromatic heterocycles. The van der Waals surface area contributed by atoms with E-state index in [1.807, 2.05) is 30.3 Å². The number of esters is 1. The van der Waals surface area contributed by atoms with Crippen LogP contribution in [0.3, 0.4) is 0 Å². The van der Waals surface area contributed by atoms with Gasteiger partial charge in [0, 0.05) is 18.5 Å². The molecule has 0 aliphatic carbocycles. The fourth-order valence-electron chi connectivity index (χ4n) is 4.03. The predicted octanol–water partition coefficient (Wildman–Crippen LogP) is 3.60. The van der Waals surface area contributed by atoms with E-state index in [0.717, 1.165) is 54.7 Å². The van der Waals surface area contributed by atoms with Crippen LogP contribution in [0.15, 0.2) is 44.8 Å². The Morgan fingerprint density at radius 2 is 2.17 bits per heavy atom. The van der Waals surface area contributed by atoms with Crippen molar-refractivity contribution in [2.75, 3.05) is 26.7 Å². The molecule has 4 rings (SSSR count). The van der Waals surface area contributed by atoms with Gasteiger partial charge >= 0.3 is 5.97 Å². The predicted molar refractivity (Wildman–Crippen MR) is 118 cm³/mol. The summed E-state index contributed by atoms with van der Waals surface area (Å²) in [7, 11) is 1.43. The number of carbonyl (C=O) groups is 1. The molecule has 0 N–H and O–H groups in total. The van der Waals surface area contributed by atoms with Crippen molar-refractivity contribution in [3.8, 4) is 0 Å². The molecule has 0 saturated carbocycles. The molecule has 0 radical (unpaired) electrons. The summed E-state index contributed by atoms with van der Waals surface area (Å²) >= 11 is 3.72. The second-order valence-corrected chi connectivity index (χ2v) is 8.48. The molecule has 8 heteroatoms. The Hall–Kier alpha value is -2.19. The number of nitrogens with zero attached hydrogens (tertiary/aromatic N) is 3. The number of fused-ring (bicyclic) bond motifs is 1. The number of hydrogen-bond acceptors (Lipinski definition) is 7. The average molecular weight is 476 g/mol. The molecule has 3 aliphatic heterocycles. The van der Waals surface area contributed by atoms with E-state index in [4.69, 9.17) is 14.2 Å². The molecule has 1 aromatic rings. The van der Waals surface area contributed by atoms with Crippen LogP contribution < -0.4 is 0 Å². The normalized spacial score (nSPS) is 26.1. The van der Waals surface area contributed by atoms with Crippen LogP contribution in [-0.2, 0) is 19.0 Å². The third kappa shape index (κ3) is 4.75. The van der Waals surface area contributed by atoms with Crippen molar-refractivity contribution in [2.24, 2.45) is 15.9 Å². The minimum absolute atomic E-state index is 0.0591. The van der Waals surface area contributed by atoms with Crippen LogP contribution >= 0.6 is 15.9 Å². The van der Waals surface area contributed by atoms with Crippen molar-refractivity contribution in [3.05, 3.63) is 40.4 Å². The lowest BCUT2D eigenvalue weighted by atomic mass is 10.0. The van der Waals surface area contributed by atoms with Crippen molar-refractivity contribution in [2.45, 2.75) is 38.0 Å². The van der Waals surface area contributed by atoms with E-state index in [-0.39, 0.29) is 24.2 Å². The quantitative estimate of drug-likeness (QED) is 0.587. The van der Waals surface area contributed by atoms with Crippen LogP contribution in [0.25, 0.3) is 5.76 Å². The van der Waals surface area contributed by atoms with E-state index < -0.39 is 0 Å². The monoisotopic (exact) mass is 475 g/mol. The van der Waals surface area contributed by atoms with Gasteiger partial charge in [0.2, 0.25) is 12.1 Å². The summed E-state index contributed by atoms with van der Waals surface area (Å²) in [6.07, 6.45) is 4.51. The van der Waals surface area contributed by atoms with Gasteiger partial charge in [0.1, 0.15) is 24.1 Å². The highest BCUT2D eigenvalue weighted by molar-refractivity contribution is 9.11. The second-order valence-electron chi connectivity index (χ2n) is 7.62. The Bertz CT molecular complexity index is 855. The Morgan fingerprint density at radius 3 is 2.97 bits per heavy atom. The smallest absolute Gasteiger partial charge is 0.305 e. The minimum atomic E-state index is -0.359. The molecule has 0 amide bonds. The molecule has 7 nitrogen and oxygen atoms in total. The van der Waals surface area contributed by atoms with Gasteiger partial charge in [0.05, 0.1) is 11.6 Å². The summed E-state index contributed by atoms with van der Waals surface area (Å²) in [5.74, 6) is 1.11. The lowest BCUT2D eigenvalue weighted by molar-refractivity contribution is -0.140. The number of benzene rings is 1. The maximum absolute atomic E-state index is 11.3. The molecule has 1 fully saturated rings. The summed E-state index contributed by atoms with van der Waals surface area (Å²) in [6.45, 7) is 2.70. The first kappa shape index (κ1) is 21.1. The fourth-order valence-corrected chi connectivity index (χ4v) is 4.77. The Labute approximate surface area is 184 Å². The number of aliphatic imine (C=N–C) groups is 2. The number of methoxy groups -OCH3 is 1. The van der Waals surface area contributed by atoms with Crippen LogP contribution in [0.1, 0.15) is 31.2 Å². The maximum atomic E-state index is 11.3. The highest BCUT2D eigenvalue weighted by Crippen LogP contribution is 2.43. The number of carbonyl (C=O) groups excluding carboxylic acids is 1. The molecule has 1 aromatic carbocycles. The van der Waals surface area contributed by atoms with Gasteiger partial charge in [-0.3, -0.25) is 9.69 Å². The van der Waals surface area contributed by atoms with Crippen molar-refractivity contribution in [1.29, 1.82) is 0 Å². The molecule has 160 valence electrons. The van der Waals surface area contributed by atoms with E-state index in [9.17, 15) is 4.79 Å². The molecule has 0 spiro atoms. The Morgan fingerprint density at radius 1 is 1.33 bits per heavy atom. The molecule has 3 aliphatic rings. The first-order chi connectivity index (χ1) is 14.7. The Balaban J connectivity index is 1.39. The lowest BCUT2D eigenvalue weighted by Gasteiger charge is -2.34. The summed E-state index contributed by atoms with van der Waals surface area (Å²) in [5.41, 5.74) is 1.00. The molecule has 2 unspecified atom stereocenters. The average Bonchev–Trinajstić information content (AvgIpc) is 3.12. The highest BCUT2D eigenvalue weighted by atomic mass is 79.9. The standard InChI is InChI=1S/C22H26BrN3O4/c1-28-17(27)10-6-12-26-11-5-9-16(13-26)29-21-18-19(23)20(15-7-3-2-4-8-15)30-22(18)25-14-24-21/h2-4,7-8,14,16,18,22H,5-6,9-13H2,1H3/t16-,18?,22?/m1/s1. The number of likely N-dealkylation sites (tertiary alicyclic amines) is 1. The van der Waals surface area contributed by atoms with E-state index in [0.29, 0.717) is 12.3 Å². The van der Waals surface area contributed by atoms with Gasteiger partial charge in [-0.2, -0.15) is 0 Å². The molecule has 30 heavy (non-hydrogen) atoms. The molecule has 3 atom stereocenters. The van der Waals surface area contributed by atoms with E-state index in [2.05, 4.69) is 30.8 Å². The van der Waals surface area contributed by atoms with E-state index in [1.54, 1.807) is 0 Å². The van der Waals surface area contributed by atoms with Crippen molar-refractivity contribution >= 4 is 39.9 Å². The zero-order valence-corrected chi connectivity index (χ0v) is 18.6. The van der Waals surface area contributed by atoms with Crippen LogP contribution in [0.4, 0.5) is 0 Å². The summed E-state index contributed by atoms with van der Waals surface area (Å²) in [5, 5.41) is 0. The molecular formula is C22H26BrN3O4. The summed E-state index contributed by atoms with van der Waals surface area (Å²) in [6, 6.07) is 9.98. The SMILES string of the molecule is COC(=O)CCCN1CCC[C@@H](OC2=NC=NC3OC(c4ccccc4)=C(Br)C23)C1. The first-order valence-electron chi connectivity index (χ1n) is 10.3. The summed E-state index contributed by atoms with van der Waals surface area (Å²) < 4.78 is 18.1. The lowest BCUT2D eigenvalue weighted by Crippen LogP contribution is -2.43. The van der Waals surface area contributed by atoms with Crippen LogP contribution in [-0.4, -0.2) is 62.2 Å². The molecule has 0 bridgehead atoms. The first-order valence-corrected chi connectivity index (χ1v) is 11.1. The van der Waals surface area contributed by atoms with Gasteiger partial charge in [-0.25, -0.2) is 9.98 Å². The molecule has 1 saturated heterocycles. The van der Waals surface area contributed by atoms with Gasteiger partial charge < -0.3 is 14.2 Å². The van der Waals surface area contributed by atoms with Crippen molar-refractivity contribution in [3.63, 3.8) is 0 Å². The second kappa shape index (κ2) is 9.75. The molecule has 3 heterocycles. The molecular weight excluding hydrogens is 450 g/mol. The van der Waals surface area contributed by atoms with Gasteiger partial charge in [0.15, 0.2) is 0 Å². The van der Waals surface area contributed by atoms with Gasteiger partial charge in [-0.05, 0) is 32.4 Å².